The Morgan fingerprint density at radius 1 is 1.35 bits per heavy atom. The summed E-state index contributed by atoms with van der Waals surface area (Å²) in [6.07, 6.45) is 0.416. The van der Waals surface area contributed by atoms with Gasteiger partial charge in [0, 0.05) is 20.3 Å². The van der Waals surface area contributed by atoms with Crippen LogP contribution in [0.25, 0.3) is 0 Å². The van der Waals surface area contributed by atoms with Crippen LogP contribution in [0.3, 0.4) is 0 Å². The Morgan fingerprint density at radius 2 is 2.00 bits per heavy atom. The highest BCUT2D eigenvalue weighted by Crippen LogP contribution is 1.90. The van der Waals surface area contributed by atoms with Crippen LogP contribution < -0.4 is 10.0 Å². The summed E-state index contributed by atoms with van der Waals surface area (Å²) in [5, 5.41) is 2.63. The van der Waals surface area contributed by atoms with Crippen LogP contribution >= 0.6 is 0 Å². The van der Waals surface area contributed by atoms with Gasteiger partial charge in [-0.2, -0.15) is 0 Å². The first-order chi connectivity index (χ1) is 7.87. The largest absolute Gasteiger partial charge is 0.385 e. The van der Waals surface area contributed by atoms with Gasteiger partial charge in [-0.3, -0.25) is 4.79 Å². The second kappa shape index (κ2) is 8.43. The van der Waals surface area contributed by atoms with Gasteiger partial charge < -0.3 is 10.1 Å². The summed E-state index contributed by atoms with van der Waals surface area (Å²) >= 11 is 0. The number of ether oxygens (including phenoxy) is 1. The highest BCUT2D eigenvalue weighted by atomic mass is 32.2. The number of nitrogens with one attached hydrogen (secondary N) is 2. The number of sulfonamides is 1. The molecule has 0 fully saturated rings. The van der Waals surface area contributed by atoms with Gasteiger partial charge in [0.25, 0.3) is 0 Å². The van der Waals surface area contributed by atoms with Gasteiger partial charge in [0.05, 0.1) is 12.3 Å². The lowest BCUT2D eigenvalue weighted by atomic mass is 10.2. The molecule has 2 N–H and O–H groups in total. The van der Waals surface area contributed by atoms with Crippen LogP contribution in [0.5, 0.6) is 0 Å². The highest BCUT2D eigenvalue weighted by Gasteiger charge is 2.11. The SMILES string of the molecule is COCCCS(=O)(=O)NCC(=O)NCC(C)C. The van der Waals surface area contributed by atoms with Crippen molar-refractivity contribution >= 4 is 15.9 Å². The lowest BCUT2D eigenvalue weighted by Gasteiger charge is -2.09. The van der Waals surface area contributed by atoms with E-state index in [2.05, 4.69) is 10.0 Å². The van der Waals surface area contributed by atoms with Crippen LogP contribution in [0.2, 0.25) is 0 Å². The quantitative estimate of drug-likeness (QED) is 0.562. The fourth-order valence-electron chi connectivity index (χ4n) is 1.02. The molecule has 1 amide bonds. The molecule has 17 heavy (non-hydrogen) atoms. The molecule has 0 spiro atoms. The van der Waals surface area contributed by atoms with E-state index in [1.165, 1.54) is 7.11 Å². The van der Waals surface area contributed by atoms with Crippen molar-refractivity contribution in [2.45, 2.75) is 20.3 Å². The van der Waals surface area contributed by atoms with Gasteiger partial charge >= 0.3 is 0 Å². The molecule has 0 aromatic carbocycles. The molecule has 0 aromatic rings. The van der Waals surface area contributed by atoms with Crippen molar-refractivity contribution in [2.75, 3.05) is 32.6 Å². The minimum absolute atomic E-state index is 0.0295. The number of carbonyl (C=O) groups excluding carboxylic acids is 1. The Kier molecular flexibility index (Phi) is 8.11. The van der Waals surface area contributed by atoms with Crippen LogP contribution in [0, 0.1) is 5.92 Å². The van der Waals surface area contributed by atoms with Crippen molar-refractivity contribution in [3.05, 3.63) is 0 Å². The third-order valence-corrected chi connectivity index (χ3v) is 3.33. The molecule has 0 heterocycles. The van der Waals surface area contributed by atoms with E-state index >= 15 is 0 Å². The molecule has 0 saturated heterocycles. The van der Waals surface area contributed by atoms with Gasteiger partial charge in [-0.05, 0) is 12.3 Å². The molecule has 0 aliphatic carbocycles. The monoisotopic (exact) mass is 266 g/mol. The average Bonchev–Trinajstić information content (AvgIpc) is 2.24. The molecule has 0 rings (SSSR count). The van der Waals surface area contributed by atoms with Gasteiger partial charge in [-0.1, -0.05) is 13.8 Å². The minimum atomic E-state index is -3.38. The van der Waals surface area contributed by atoms with Crippen molar-refractivity contribution in [1.82, 2.24) is 10.0 Å². The molecule has 0 aliphatic rings. The molecule has 0 radical (unpaired) electrons. The summed E-state index contributed by atoms with van der Waals surface area (Å²) < 4.78 is 29.8. The van der Waals surface area contributed by atoms with Crippen molar-refractivity contribution < 1.29 is 17.9 Å². The van der Waals surface area contributed by atoms with Crippen LogP contribution in [-0.4, -0.2) is 46.9 Å². The van der Waals surface area contributed by atoms with Gasteiger partial charge in [0.1, 0.15) is 0 Å². The molecular formula is C10H22N2O4S. The summed E-state index contributed by atoms with van der Waals surface area (Å²) in [6.45, 7) is 4.66. The predicted octanol–water partition coefficient (Wildman–Crippen LogP) is -0.285. The van der Waals surface area contributed by atoms with Gasteiger partial charge in [0.15, 0.2) is 0 Å². The molecule has 6 nitrogen and oxygen atoms in total. The number of hydrogen-bond acceptors (Lipinski definition) is 4. The van der Waals surface area contributed by atoms with Crippen molar-refractivity contribution in [3.63, 3.8) is 0 Å². The zero-order chi connectivity index (χ0) is 13.3. The van der Waals surface area contributed by atoms with E-state index in [1.54, 1.807) is 0 Å². The highest BCUT2D eigenvalue weighted by molar-refractivity contribution is 7.89. The summed E-state index contributed by atoms with van der Waals surface area (Å²) in [4.78, 5) is 11.3. The number of rotatable bonds is 9. The summed E-state index contributed by atoms with van der Waals surface area (Å²) in [6, 6.07) is 0. The second-order valence-corrected chi connectivity index (χ2v) is 6.11. The van der Waals surface area contributed by atoms with E-state index in [4.69, 9.17) is 4.74 Å². The maximum atomic E-state index is 11.4. The zero-order valence-corrected chi connectivity index (χ0v) is 11.5. The molecule has 0 aliphatic heterocycles. The molecule has 7 heteroatoms. The van der Waals surface area contributed by atoms with Crippen molar-refractivity contribution in [3.8, 4) is 0 Å². The van der Waals surface area contributed by atoms with E-state index in [0.29, 0.717) is 25.5 Å². The Hall–Kier alpha value is -0.660. The third kappa shape index (κ3) is 10.2. The number of hydrogen-bond donors (Lipinski definition) is 2. The van der Waals surface area contributed by atoms with E-state index < -0.39 is 10.0 Å². The summed E-state index contributed by atoms with van der Waals surface area (Å²) in [5.41, 5.74) is 0. The second-order valence-electron chi connectivity index (χ2n) is 4.18. The number of carbonyl (C=O) groups is 1. The number of methoxy groups -OCH3 is 1. The normalized spacial score (nSPS) is 11.8. The van der Waals surface area contributed by atoms with Gasteiger partial charge in [-0.25, -0.2) is 13.1 Å². The maximum Gasteiger partial charge on any atom is 0.235 e. The van der Waals surface area contributed by atoms with Crippen LogP contribution in [0.1, 0.15) is 20.3 Å². The third-order valence-electron chi connectivity index (χ3n) is 1.92. The van der Waals surface area contributed by atoms with E-state index in [0.717, 1.165) is 0 Å². The molecule has 0 bridgehead atoms. The predicted molar refractivity (Wildman–Crippen MR) is 66.1 cm³/mol. The fourth-order valence-corrected chi connectivity index (χ4v) is 2.01. The maximum absolute atomic E-state index is 11.4. The van der Waals surface area contributed by atoms with Gasteiger partial charge in [0.2, 0.25) is 15.9 Å². The smallest absolute Gasteiger partial charge is 0.235 e. The molecular weight excluding hydrogens is 244 g/mol. The van der Waals surface area contributed by atoms with Crippen LogP contribution in [0.15, 0.2) is 0 Å². The van der Waals surface area contributed by atoms with Crippen molar-refractivity contribution in [2.24, 2.45) is 5.92 Å². The Bertz CT molecular complexity index is 314. The lowest BCUT2D eigenvalue weighted by Crippen LogP contribution is -2.39. The Morgan fingerprint density at radius 3 is 2.53 bits per heavy atom. The average molecular weight is 266 g/mol. The van der Waals surface area contributed by atoms with E-state index in [1.807, 2.05) is 13.8 Å². The molecule has 0 saturated carbocycles. The van der Waals surface area contributed by atoms with Gasteiger partial charge in [-0.15, -0.1) is 0 Å². The first-order valence-electron chi connectivity index (χ1n) is 5.60. The standard InChI is InChI=1S/C10H22N2O4S/c1-9(2)7-11-10(13)8-12-17(14,15)6-4-5-16-3/h9,12H,4-8H2,1-3H3,(H,11,13). The molecule has 0 unspecified atom stereocenters. The lowest BCUT2D eigenvalue weighted by molar-refractivity contribution is -0.120. The fraction of sp³-hybridized carbons (Fsp3) is 0.900. The first kappa shape index (κ1) is 16.3. The Balaban J connectivity index is 3.81. The topological polar surface area (TPSA) is 84.5 Å². The molecule has 0 aromatic heterocycles. The first-order valence-corrected chi connectivity index (χ1v) is 7.25. The van der Waals surface area contributed by atoms with E-state index in [-0.39, 0.29) is 18.2 Å². The summed E-state index contributed by atoms with van der Waals surface area (Å²) in [7, 11) is -1.86. The summed E-state index contributed by atoms with van der Waals surface area (Å²) in [5.74, 6) is 0.00413. The van der Waals surface area contributed by atoms with Crippen LogP contribution in [-0.2, 0) is 19.6 Å². The number of amides is 1. The molecule has 102 valence electrons. The van der Waals surface area contributed by atoms with Crippen LogP contribution in [0.4, 0.5) is 0 Å². The minimum Gasteiger partial charge on any atom is -0.385 e. The van der Waals surface area contributed by atoms with E-state index in [9.17, 15) is 13.2 Å². The van der Waals surface area contributed by atoms with Crippen molar-refractivity contribution in [1.29, 1.82) is 0 Å². The molecule has 0 atom stereocenters. The zero-order valence-electron chi connectivity index (χ0n) is 10.7. The Labute approximate surface area is 103 Å².